The van der Waals surface area contributed by atoms with Crippen LogP contribution in [0.3, 0.4) is 0 Å². The fraction of sp³-hybridized carbons (Fsp3) is 0.381. The Hall–Kier alpha value is -3.11. The second kappa shape index (κ2) is 9.17. The zero-order valence-corrected chi connectivity index (χ0v) is 18.4. The minimum atomic E-state index is -1.33. The number of hydrogen-bond donors (Lipinski definition) is 1. The van der Waals surface area contributed by atoms with Crippen LogP contribution in [0.15, 0.2) is 36.8 Å². The average Bonchev–Trinajstić information content (AvgIpc) is 3.05. The van der Waals surface area contributed by atoms with Gasteiger partial charge in [-0.15, -0.1) is 12.4 Å². The summed E-state index contributed by atoms with van der Waals surface area (Å²) in [6, 6.07) is 2.73. The number of fused-ring (bicyclic) bond motifs is 1. The van der Waals surface area contributed by atoms with Gasteiger partial charge in [-0.2, -0.15) is 0 Å². The second-order valence-electron chi connectivity index (χ2n) is 7.48. The molecule has 0 unspecified atom stereocenters. The van der Waals surface area contributed by atoms with Crippen molar-refractivity contribution in [2.75, 3.05) is 31.1 Å². The van der Waals surface area contributed by atoms with Crippen LogP contribution in [0.4, 0.5) is 10.1 Å². The highest BCUT2D eigenvalue weighted by molar-refractivity contribution is 5.93. The van der Waals surface area contributed by atoms with Crippen LogP contribution < -0.4 is 16.2 Å². The van der Waals surface area contributed by atoms with Crippen molar-refractivity contribution in [2.24, 2.45) is 0 Å². The van der Waals surface area contributed by atoms with E-state index in [1.165, 1.54) is 6.20 Å². The molecule has 1 aliphatic heterocycles. The van der Waals surface area contributed by atoms with Gasteiger partial charge in [-0.05, 0) is 26.0 Å². The molecule has 1 N–H and O–H groups in total. The van der Waals surface area contributed by atoms with Crippen LogP contribution in [0.25, 0.3) is 10.9 Å². The van der Waals surface area contributed by atoms with Gasteiger partial charge in [0.2, 0.25) is 5.43 Å². The van der Waals surface area contributed by atoms with E-state index >= 15 is 0 Å². The van der Waals surface area contributed by atoms with Crippen LogP contribution in [-0.4, -0.2) is 46.7 Å². The van der Waals surface area contributed by atoms with E-state index in [2.05, 4.69) is 4.90 Å². The lowest BCUT2D eigenvalue weighted by Crippen LogP contribution is -2.46. The van der Waals surface area contributed by atoms with E-state index in [-0.39, 0.29) is 23.4 Å². The number of aromatic nitrogens is 1. The predicted octanol–water partition coefficient (Wildman–Crippen LogP) is 2.46. The highest BCUT2D eigenvalue weighted by Crippen LogP contribution is 2.26. The normalized spacial score (nSPS) is 14.5. The van der Waals surface area contributed by atoms with Gasteiger partial charge in [0, 0.05) is 44.3 Å². The first-order valence-corrected chi connectivity index (χ1v) is 9.95. The van der Waals surface area contributed by atoms with E-state index in [9.17, 15) is 23.9 Å². The first kappa shape index (κ1) is 23.6. The monoisotopic (exact) mass is 467 g/mol. The molecule has 0 saturated carbocycles. The third-order valence-electron chi connectivity index (χ3n) is 5.64. The molecule has 3 aromatic rings. The summed E-state index contributed by atoms with van der Waals surface area (Å²) in [6.07, 6.45) is 1.30. The van der Waals surface area contributed by atoms with Crippen LogP contribution in [0.1, 0.15) is 28.8 Å². The van der Waals surface area contributed by atoms with E-state index in [1.54, 1.807) is 17.6 Å². The summed E-state index contributed by atoms with van der Waals surface area (Å²) in [7, 11) is 0. The summed E-state index contributed by atoms with van der Waals surface area (Å²) in [4.78, 5) is 39.1. The first-order valence-electron chi connectivity index (χ1n) is 9.95. The molecule has 0 amide bonds. The molecule has 1 saturated heterocycles. The maximum Gasteiger partial charge on any atom is 0.519 e. The third kappa shape index (κ3) is 4.28. The molecule has 11 heteroatoms. The van der Waals surface area contributed by atoms with Crippen molar-refractivity contribution in [1.82, 2.24) is 9.47 Å². The largest absolute Gasteiger partial charge is 0.519 e. The highest BCUT2D eigenvalue weighted by Gasteiger charge is 2.24. The number of hydrogen-bond acceptors (Lipinski definition) is 7. The molecule has 1 aliphatic rings. The Bertz CT molecular complexity index is 1270. The average molecular weight is 468 g/mol. The van der Waals surface area contributed by atoms with Gasteiger partial charge in [0.05, 0.1) is 17.7 Å². The van der Waals surface area contributed by atoms with Gasteiger partial charge in [0.25, 0.3) is 0 Å². The zero-order chi connectivity index (χ0) is 22.3. The van der Waals surface area contributed by atoms with Crippen molar-refractivity contribution in [2.45, 2.75) is 26.9 Å². The summed E-state index contributed by atoms with van der Waals surface area (Å²) >= 11 is 0. The number of aryl methyl sites for hydroxylation is 2. The molecule has 3 heterocycles. The zero-order valence-electron chi connectivity index (χ0n) is 17.6. The Balaban J connectivity index is 0.00000289. The molecular formula is C21H23ClFN3O6. The number of piperazine rings is 1. The van der Waals surface area contributed by atoms with Gasteiger partial charge in [0.1, 0.15) is 17.1 Å². The van der Waals surface area contributed by atoms with Gasteiger partial charge in [-0.1, -0.05) is 0 Å². The number of pyridine rings is 1. The van der Waals surface area contributed by atoms with Crippen molar-refractivity contribution >= 4 is 35.0 Å². The number of benzene rings is 1. The maximum absolute atomic E-state index is 14.9. The Morgan fingerprint density at radius 1 is 1.16 bits per heavy atom. The summed E-state index contributed by atoms with van der Waals surface area (Å²) in [5.74, 6) is -1.70. The molecule has 1 aromatic carbocycles. The summed E-state index contributed by atoms with van der Waals surface area (Å²) < 4.78 is 26.5. The van der Waals surface area contributed by atoms with Gasteiger partial charge in [0.15, 0.2) is 5.76 Å². The Morgan fingerprint density at radius 3 is 2.41 bits per heavy atom. The summed E-state index contributed by atoms with van der Waals surface area (Å²) in [6.45, 7) is 6.66. The van der Waals surface area contributed by atoms with Gasteiger partial charge in [-0.25, -0.2) is 14.0 Å². The molecule has 0 radical (unpaired) electrons. The number of halogens is 2. The van der Waals surface area contributed by atoms with E-state index in [0.717, 1.165) is 6.07 Å². The van der Waals surface area contributed by atoms with Crippen molar-refractivity contribution in [3.05, 3.63) is 62.1 Å². The summed E-state index contributed by atoms with van der Waals surface area (Å²) in [5.41, 5.74) is -0.217. The molecule has 0 aliphatic carbocycles. The molecule has 1 fully saturated rings. The van der Waals surface area contributed by atoms with Crippen molar-refractivity contribution < 1.29 is 23.1 Å². The van der Waals surface area contributed by atoms with Crippen LogP contribution in [0.5, 0.6) is 0 Å². The van der Waals surface area contributed by atoms with Gasteiger partial charge < -0.3 is 23.4 Å². The van der Waals surface area contributed by atoms with E-state index in [0.29, 0.717) is 62.0 Å². The lowest BCUT2D eigenvalue weighted by Gasteiger charge is -2.36. The van der Waals surface area contributed by atoms with E-state index < -0.39 is 23.0 Å². The van der Waals surface area contributed by atoms with Gasteiger partial charge >= 0.3 is 11.8 Å². The number of carbonyl (C=O) groups is 1. The Kier molecular flexibility index (Phi) is 6.75. The Labute approximate surface area is 188 Å². The van der Waals surface area contributed by atoms with Crippen LogP contribution in [0, 0.1) is 12.7 Å². The van der Waals surface area contributed by atoms with Crippen molar-refractivity contribution in [1.29, 1.82) is 0 Å². The standard InChI is InChI=1S/C21H22FN3O6.ClH/c1-3-24-10-14(20(27)28)19(26)13-8-15(22)17(9-16(13)24)25-6-4-23(5-7-25)11-18-12(2)30-21(29)31-18;/h8-10H,3-7,11H2,1-2H3,(H,27,28);1H. The number of carboxylic acids is 1. The molecule has 32 heavy (non-hydrogen) atoms. The quantitative estimate of drug-likeness (QED) is 0.609. The lowest BCUT2D eigenvalue weighted by atomic mass is 10.1. The summed E-state index contributed by atoms with van der Waals surface area (Å²) in [5, 5.41) is 9.32. The molecule has 4 rings (SSSR count). The highest BCUT2D eigenvalue weighted by atomic mass is 35.5. The maximum atomic E-state index is 14.9. The van der Waals surface area contributed by atoms with Crippen molar-refractivity contribution in [3.8, 4) is 0 Å². The third-order valence-corrected chi connectivity index (χ3v) is 5.64. The van der Waals surface area contributed by atoms with Crippen LogP contribution in [-0.2, 0) is 13.1 Å². The fourth-order valence-corrected chi connectivity index (χ4v) is 3.92. The smallest absolute Gasteiger partial charge is 0.477 e. The second-order valence-corrected chi connectivity index (χ2v) is 7.48. The molecule has 2 aromatic heterocycles. The topological polar surface area (TPSA) is 109 Å². The van der Waals surface area contributed by atoms with Gasteiger partial charge in [-0.3, -0.25) is 9.69 Å². The lowest BCUT2D eigenvalue weighted by molar-refractivity contribution is 0.0695. The number of rotatable bonds is 5. The molecule has 9 nitrogen and oxygen atoms in total. The number of carboxylic acid groups (broad SMARTS) is 1. The first-order chi connectivity index (χ1) is 14.8. The predicted molar refractivity (Wildman–Crippen MR) is 118 cm³/mol. The fourth-order valence-electron chi connectivity index (χ4n) is 3.92. The Morgan fingerprint density at radius 2 is 1.84 bits per heavy atom. The van der Waals surface area contributed by atoms with Crippen molar-refractivity contribution in [3.63, 3.8) is 0 Å². The molecular weight excluding hydrogens is 445 g/mol. The number of anilines is 1. The minimum Gasteiger partial charge on any atom is -0.477 e. The van der Waals surface area contributed by atoms with E-state index in [1.807, 2.05) is 11.8 Å². The molecule has 0 atom stereocenters. The SMILES string of the molecule is CCn1cc(C(=O)O)c(=O)c2cc(F)c(N3CCN(Cc4oc(=O)oc4C)CC3)cc21.Cl. The minimum absolute atomic E-state index is 0. The van der Waals surface area contributed by atoms with Crippen LogP contribution >= 0.6 is 12.4 Å². The molecule has 172 valence electrons. The number of aromatic carboxylic acids is 1. The number of nitrogens with zero attached hydrogens (tertiary/aromatic N) is 3. The van der Waals surface area contributed by atoms with Crippen LogP contribution in [0.2, 0.25) is 0 Å². The van der Waals surface area contributed by atoms with E-state index in [4.69, 9.17) is 8.83 Å². The molecule has 0 bridgehead atoms. The molecule has 0 spiro atoms.